The number of ether oxygens (including phenoxy) is 3. The van der Waals surface area contributed by atoms with Gasteiger partial charge < -0.3 is 24.2 Å². The molecule has 3 heterocycles. The summed E-state index contributed by atoms with van der Waals surface area (Å²) in [6.45, 7) is 3.96. The second-order valence-electron chi connectivity index (χ2n) is 8.39. The van der Waals surface area contributed by atoms with Crippen LogP contribution in [0.3, 0.4) is 0 Å². The molecule has 2 aromatic rings. The molecular weight excluding hydrogens is 443 g/mol. The third-order valence-electron chi connectivity index (χ3n) is 6.36. The molecule has 2 aromatic carbocycles. The van der Waals surface area contributed by atoms with E-state index in [1.807, 2.05) is 0 Å². The number of hydrogen-bond donors (Lipinski definition) is 1. The van der Waals surface area contributed by atoms with Crippen LogP contribution in [0, 0.1) is 5.82 Å². The van der Waals surface area contributed by atoms with E-state index in [0.717, 1.165) is 19.6 Å². The van der Waals surface area contributed by atoms with E-state index < -0.39 is 23.5 Å². The zero-order valence-corrected chi connectivity index (χ0v) is 18.5. The van der Waals surface area contributed by atoms with Crippen LogP contribution in [0.5, 0.6) is 11.5 Å². The molecule has 1 atom stereocenters. The second kappa shape index (κ2) is 9.44. The summed E-state index contributed by atoms with van der Waals surface area (Å²) in [4.78, 5) is 29.7. The molecule has 1 N–H and O–H groups in total. The van der Waals surface area contributed by atoms with Gasteiger partial charge in [-0.1, -0.05) is 18.2 Å². The quantitative estimate of drug-likeness (QED) is 0.396. The molecule has 2 saturated heterocycles. The number of carbonyl (C=O) groups excluding carboxylic acids is 2. The average Bonchev–Trinajstić information content (AvgIpc) is 3.42. The Morgan fingerprint density at radius 3 is 2.59 bits per heavy atom. The van der Waals surface area contributed by atoms with Crippen molar-refractivity contribution in [3.05, 3.63) is 65.0 Å². The van der Waals surface area contributed by atoms with E-state index in [4.69, 9.17) is 14.2 Å². The summed E-state index contributed by atoms with van der Waals surface area (Å²) < 4.78 is 30.9. The molecule has 2 fully saturated rings. The lowest BCUT2D eigenvalue weighted by molar-refractivity contribution is -0.140. The normalized spacial score (nSPS) is 21.9. The minimum absolute atomic E-state index is 0.0578. The standard InChI is InChI=1S/C25H25FN2O6/c26-18-5-2-1-4-17(18)22-21(23(29)16-6-7-19-20(14-16)34-15-33-19)24(30)25(31)28(22)9-3-8-27-10-12-32-13-11-27/h1-2,4-7,14,22,29H,3,8-13,15H2. The van der Waals surface area contributed by atoms with Gasteiger partial charge in [0.2, 0.25) is 6.79 Å². The summed E-state index contributed by atoms with van der Waals surface area (Å²) in [5.74, 6) is -1.57. The molecule has 9 heteroatoms. The largest absolute Gasteiger partial charge is 0.507 e. The highest BCUT2D eigenvalue weighted by Crippen LogP contribution is 2.42. The summed E-state index contributed by atoms with van der Waals surface area (Å²) in [6.07, 6.45) is 0.599. The van der Waals surface area contributed by atoms with Crippen LogP contribution in [-0.2, 0) is 14.3 Å². The van der Waals surface area contributed by atoms with E-state index in [1.165, 1.54) is 17.0 Å². The van der Waals surface area contributed by atoms with Gasteiger partial charge in [0.25, 0.3) is 11.7 Å². The topological polar surface area (TPSA) is 88.5 Å². The fourth-order valence-electron chi connectivity index (χ4n) is 4.62. The van der Waals surface area contributed by atoms with Crippen molar-refractivity contribution in [2.75, 3.05) is 46.2 Å². The zero-order valence-electron chi connectivity index (χ0n) is 18.5. The van der Waals surface area contributed by atoms with Crippen LogP contribution in [0.1, 0.15) is 23.6 Å². The number of benzene rings is 2. The second-order valence-corrected chi connectivity index (χ2v) is 8.39. The molecule has 8 nitrogen and oxygen atoms in total. The van der Waals surface area contributed by atoms with Crippen molar-refractivity contribution in [1.82, 2.24) is 9.80 Å². The van der Waals surface area contributed by atoms with Crippen molar-refractivity contribution in [3.8, 4) is 11.5 Å². The van der Waals surface area contributed by atoms with Gasteiger partial charge in [0.1, 0.15) is 11.6 Å². The maximum absolute atomic E-state index is 14.9. The van der Waals surface area contributed by atoms with Crippen molar-refractivity contribution in [3.63, 3.8) is 0 Å². The van der Waals surface area contributed by atoms with Crippen LogP contribution in [0.2, 0.25) is 0 Å². The SMILES string of the molecule is O=C1C(=O)N(CCCN2CCOCC2)C(c2ccccc2F)C1=C(O)c1ccc2c(c1)OCO2. The number of rotatable bonds is 6. The number of aliphatic hydroxyl groups is 1. The number of aliphatic hydroxyl groups excluding tert-OH is 1. The predicted molar refractivity (Wildman–Crippen MR) is 120 cm³/mol. The Kier molecular flexibility index (Phi) is 6.21. The molecule has 34 heavy (non-hydrogen) atoms. The third kappa shape index (κ3) is 4.12. The van der Waals surface area contributed by atoms with Crippen LogP contribution in [0.25, 0.3) is 5.76 Å². The first kappa shape index (κ1) is 22.4. The minimum atomic E-state index is -1.03. The number of fused-ring (bicyclic) bond motifs is 1. The summed E-state index contributed by atoms with van der Waals surface area (Å²) in [7, 11) is 0. The number of Topliss-reactive ketones (excluding diaryl/α,β-unsaturated/α-hetero) is 1. The van der Waals surface area contributed by atoms with Gasteiger partial charge in [-0.2, -0.15) is 0 Å². The van der Waals surface area contributed by atoms with Crippen molar-refractivity contribution >= 4 is 17.4 Å². The molecule has 178 valence electrons. The van der Waals surface area contributed by atoms with Gasteiger partial charge in [-0.15, -0.1) is 0 Å². The summed E-state index contributed by atoms with van der Waals surface area (Å²) in [6, 6.07) is 9.71. The summed E-state index contributed by atoms with van der Waals surface area (Å²) in [5.41, 5.74) is 0.313. The van der Waals surface area contributed by atoms with Gasteiger partial charge >= 0.3 is 0 Å². The lowest BCUT2D eigenvalue weighted by atomic mass is 9.94. The van der Waals surface area contributed by atoms with E-state index >= 15 is 0 Å². The molecular formula is C25H25FN2O6. The molecule has 0 aliphatic carbocycles. The number of hydrogen-bond acceptors (Lipinski definition) is 7. The zero-order chi connectivity index (χ0) is 23.7. The molecule has 1 unspecified atom stereocenters. The Balaban J connectivity index is 1.49. The van der Waals surface area contributed by atoms with Gasteiger partial charge in [0, 0.05) is 37.3 Å². The third-order valence-corrected chi connectivity index (χ3v) is 6.36. The highest BCUT2D eigenvalue weighted by molar-refractivity contribution is 6.46. The summed E-state index contributed by atoms with van der Waals surface area (Å²) >= 11 is 0. The van der Waals surface area contributed by atoms with E-state index in [2.05, 4.69) is 4.90 Å². The fourth-order valence-corrected chi connectivity index (χ4v) is 4.62. The van der Waals surface area contributed by atoms with Crippen LogP contribution < -0.4 is 9.47 Å². The Hall–Kier alpha value is -3.43. The minimum Gasteiger partial charge on any atom is -0.507 e. The maximum Gasteiger partial charge on any atom is 0.295 e. The van der Waals surface area contributed by atoms with Crippen LogP contribution >= 0.6 is 0 Å². The van der Waals surface area contributed by atoms with Gasteiger partial charge in [-0.3, -0.25) is 14.5 Å². The number of amides is 1. The Bertz CT molecular complexity index is 1140. The number of morpholine rings is 1. The first-order valence-corrected chi connectivity index (χ1v) is 11.3. The number of nitrogens with zero attached hydrogens (tertiary/aromatic N) is 2. The van der Waals surface area contributed by atoms with Crippen LogP contribution in [0.4, 0.5) is 4.39 Å². The van der Waals surface area contributed by atoms with E-state index in [-0.39, 0.29) is 35.8 Å². The number of halogens is 1. The molecule has 0 saturated carbocycles. The van der Waals surface area contributed by atoms with Crippen LogP contribution in [-0.4, -0.2) is 72.8 Å². The van der Waals surface area contributed by atoms with E-state index in [0.29, 0.717) is 31.1 Å². The van der Waals surface area contributed by atoms with Gasteiger partial charge in [-0.05, 0) is 30.7 Å². The molecule has 0 aromatic heterocycles. The molecule has 5 rings (SSSR count). The molecule has 3 aliphatic rings. The summed E-state index contributed by atoms with van der Waals surface area (Å²) in [5, 5.41) is 11.1. The Labute approximate surface area is 196 Å². The molecule has 0 radical (unpaired) electrons. The van der Waals surface area contributed by atoms with Crippen LogP contribution in [0.15, 0.2) is 48.0 Å². The monoisotopic (exact) mass is 468 g/mol. The van der Waals surface area contributed by atoms with Gasteiger partial charge in [-0.25, -0.2) is 4.39 Å². The van der Waals surface area contributed by atoms with Gasteiger partial charge in [0.05, 0.1) is 24.8 Å². The predicted octanol–water partition coefficient (Wildman–Crippen LogP) is 2.70. The molecule has 3 aliphatic heterocycles. The lowest BCUT2D eigenvalue weighted by Gasteiger charge is -2.29. The first-order chi connectivity index (χ1) is 16.5. The fraction of sp³-hybridized carbons (Fsp3) is 0.360. The maximum atomic E-state index is 14.9. The molecule has 1 amide bonds. The number of ketones is 1. The van der Waals surface area contributed by atoms with E-state index in [9.17, 15) is 19.1 Å². The lowest BCUT2D eigenvalue weighted by Crippen LogP contribution is -2.39. The van der Waals surface area contributed by atoms with Crippen molar-refractivity contribution in [1.29, 1.82) is 0 Å². The average molecular weight is 468 g/mol. The highest BCUT2D eigenvalue weighted by atomic mass is 19.1. The highest BCUT2D eigenvalue weighted by Gasteiger charge is 2.46. The van der Waals surface area contributed by atoms with Gasteiger partial charge in [0.15, 0.2) is 11.5 Å². The van der Waals surface area contributed by atoms with E-state index in [1.54, 1.807) is 30.3 Å². The van der Waals surface area contributed by atoms with Crippen molar-refractivity contribution in [2.45, 2.75) is 12.5 Å². The molecule has 0 spiro atoms. The number of carbonyl (C=O) groups is 2. The first-order valence-electron chi connectivity index (χ1n) is 11.3. The Morgan fingerprint density at radius 2 is 1.79 bits per heavy atom. The van der Waals surface area contributed by atoms with Crippen molar-refractivity contribution < 1.29 is 33.3 Å². The smallest absolute Gasteiger partial charge is 0.295 e. The number of likely N-dealkylation sites (tertiary alicyclic amines) is 1. The van der Waals surface area contributed by atoms with Crippen molar-refractivity contribution in [2.24, 2.45) is 0 Å². The Morgan fingerprint density at radius 1 is 1.03 bits per heavy atom. The molecule has 0 bridgehead atoms.